The topological polar surface area (TPSA) is 63.4 Å². The molecule has 1 aromatic rings. The molecule has 21 heavy (non-hydrogen) atoms. The smallest absolute Gasteiger partial charge is 0.233 e. The van der Waals surface area contributed by atoms with Crippen molar-refractivity contribution in [3.05, 3.63) is 35.1 Å². The molecule has 2 unspecified atom stereocenters. The van der Waals surface area contributed by atoms with Gasteiger partial charge in [-0.3, -0.25) is 14.5 Å². The van der Waals surface area contributed by atoms with E-state index in [4.69, 9.17) is 18.0 Å². The maximum atomic E-state index is 13.3. The summed E-state index contributed by atoms with van der Waals surface area (Å²) in [4.78, 5) is 26.0. The molecule has 1 aliphatic carbocycles. The fourth-order valence-corrected chi connectivity index (χ4v) is 3.49. The molecule has 3 rings (SSSR count). The number of carbonyl (C=O) groups is 2. The van der Waals surface area contributed by atoms with Crippen LogP contribution in [0.5, 0.6) is 0 Å². The first-order valence-electron chi connectivity index (χ1n) is 6.92. The van der Waals surface area contributed by atoms with E-state index in [0.29, 0.717) is 11.1 Å². The van der Waals surface area contributed by atoms with Gasteiger partial charge in [-0.1, -0.05) is 24.7 Å². The van der Waals surface area contributed by atoms with Gasteiger partial charge in [0, 0.05) is 5.56 Å². The Morgan fingerprint density at radius 1 is 1.29 bits per heavy atom. The number of thiocarbonyl (C=S) groups is 1. The van der Waals surface area contributed by atoms with Crippen LogP contribution in [0.1, 0.15) is 30.4 Å². The lowest BCUT2D eigenvalue weighted by molar-refractivity contribution is -0.141. The number of hydrogen-bond acceptors (Lipinski definition) is 3. The van der Waals surface area contributed by atoms with Crippen molar-refractivity contribution in [1.29, 1.82) is 0 Å². The van der Waals surface area contributed by atoms with Gasteiger partial charge in [0.15, 0.2) is 0 Å². The minimum absolute atomic E-state index is 0.0591. The molecule has 1 saturated heterocycles. The van der Waals surface area contributed by atoms with Gasteiger partial charge in [-0.25, -0.2) is 4.39 Å². The van der Waals surface area contributed by atoms with E-state index in [0.717, 1.165) is 19.3 Å². The molecule has 2 N–H and O–H groups in total. The maximum absolute atomic E-state index is 13.3. The van der Waals surface area contributed by atoms with Gasteiger partial charge in [0.2, 0.25) is 11.8 Å². The second kappa shape index (κ2) is 5.18. The van der Waals surface area contributed by atoms with E-state index in [1.54, 1.807) is 0 Å². The van der Waals surface area contributed by atoms with Gasteiger partial charge >= 0.3 is 0 Å². The first-order valence-corrected chi connectivity index (χ1v) is 7.33. The highest BCUT2D eigenvalue weighted by Crippen LogP contribution is 2.40. The number of halogens is 1. The van der Waals surface area contributed by atoms with E-state index in [2.05, 4.69) is 0 Å². The Balaban J connectivity index is 1.89. The van der Waals surface area contributed by atoms with E-state index < -0.39 is 5.82 Å². The van der Waals surface area contributed by atoms with Crippen molar-refractivity contribution in [2.24, 2.45) is 17.6 Å². The van der Waals surface area contributed by atoms with Gasteiger partial charge in [0.25, 0.3) is 0 Å². The third-order valence-corrected chi connectivity index (χ3v) is 4.57. The van der Waals surface area contributed by atoms with Gasteiger partial charge in [-0.05, 0) is 30.5 Å². The molecule has 0 aromatic heterocycles. The quantitative estimate of drug-likeness (QED) is 0.682. The zero-order valence-corrected chi connectivity index (χ0v) is 12.2. The number of fused-ring (bicyclic) bond motifs is 1. The largest absolute Gasteiger partial charge is 0.389 e. The van der Waals surface area contributed by atoms with Crippen LogP contribution < -0.4 is 5.73 Å². The molecular weight excluding hydrogens is 291 g/mol. The van der Waals surface area contributed by atoms with E-state index in [1.807, 2.05) is 0 Å². The average molecular weight is 306 g/mol. The fourth-order valence-electron chi connectivity index (χ4n) is 3.30. The summed E-state index contributed by atoms with van der Waals surface area (Å²) in [5, 5.41) is 0. The second-order valence-electron chi connectivity index (χ2n) is 5.57. The fraction of sp³-hybridized carbons (Fsp3) is 0.400. The van der Waals surface area contributed by atoms with Gasteiger partial charge in [0.1, 0.15) is 10.8 Å². The first kappa shape index (κ1) is 14.1. The van der Waals surface area contributed by atoms with Crippen LogP contribution in [0.25, 0.3) is 0 Å². The zero-order valence-electron chi connectivity index (χ0n) is 11.3. The summed E-state index contributed by atoms with van der Waals surface area (Å²) < 4.78 is 13.3. The number of rotatable bonds is 3. The molecule has 1 heterocycles. The molecule has 6 heteroatoms. The average Bonchev–Trinajstić information content (AvgIpc) is 3.00. The van der Waals surface area contributed by atoms with Crippen LogP contribution in [0.15, 0.2) is 18.2 Å². The number of nitrogens with zero attached hydrogens (tertiary/aromatic N) is 1. The summed E-state index contributed by atoms with van der Waals surface area (Å²) in [5.74, 6) is -1.05. The van der Waals surface area contributed by atoms with Crippen molar-refractivity contribution in [2.45, 2.75) is 25.8 Å². The third-order valence-electron chi connectivity index (χ3n) is 4.35. The van der Waals surface area contributed by atoms with E-state index >= 15 is 0 Å². The standard InChI is InChI=1S/C15H15FN2O2S/c16-9-5-4-8(12(6-9)13(17)21)7-18-14(19)10-2-1-3-11(10)15(18)20/h4-6,10-11H,1-3,7H2,(H2,17,21). The van der Waals surface area contributed by atoms with Crippen LogP contribution >= 0.6 is 12.2 Å². The number of carbonyl (C=O) groups excluding carboxylic acids is 2. The zero-order chi connectivity index (χ0) is 15.1. The van der Waals surface area contributed by atoms with Crippen molar-refractivity contribution >= 4 is 29.0 Å². The molecule has 2 aliphatic rings. The number of imide groups is 1. The van der Waals surface area contributed by atoms with Crippen LogP contribution in [0.4, 0.5) is 4.39 Å². The van der Waals surface area contributed by atoms with Gasteiger partial charge in [0.05, 0.1) is 18.4 Å². The minimum atomic E-state index is -0.447. The first-order chi connectivity index (χ1) is 9.99. The van der Waals surface area contributed by atoms with Crippen molar-refractivity contribution in [3.8, 4) is 0 Å². The molecule has 4 nitrogen and oxygen atoms in total. The number of likely N-dealkylation sites (tertiary alicyclic amines) is 1. The molecule has 2 amide bonds. The number of hydrogen-bond donors (Lipinski definition) is 1. The summed E-state index contributed by atoms with van der Waals surface area (Å²) in [6.07, 6.45) is 2.48. The summed E-state index contributed by atoms with van der Waals surface area (Å²) in [6, 6.07) is 4.05. The number of nitrogens with two attached hydrogens (primary N) is 1. The predicted octanol–water partition coefficient (Wildman–Crippen LogP) is 1.75. The summed E-state index contributed by atoms with van der Waals surface area (Å²) in [5.41, 5.74) is 6.58. The Morgan fingerprint density at radius 2 is 1.90 bits per heavy atom. The molecule has 110 valence electrons. The minimum Gasteiger partial charge on any atom is -0.389 e. The van der Waals surface area contributed by atoms with Crippen LogP contribution in [0.3, 0.4) is 0 Å². The molecule has 1 aromatic carbocycles. The van der Waals surface area contributed by atoms with Crippen molar-refractivity contribution in [2.75, 3.05) is 0 Å². The summed E-state index contributed by atoms with van der Waals surface area (Å²) in [7, 11) is 0. The Labute approximate surface area is 127 Å². The molecule has 2 atom stereocenters. The summed E-state index contributed by atoms with van der Waals surface area (Å²) in [6.45, 7) is 0.109. The lowest BCUT2D eigenvalue weighted by Crippen LogP contribution is -2.32. The number of benzene rings is 1. The van der Waals surface area contributed by atoms with E-state index in [1.165, 1.54) is 23.1 Å². The Hall–Kier alpha value is -1.82. The van der Waals surface area contributed by atoms with Crippen LogP contribution in [0.2, 0.25) is 0 Å². The highest BCUT2D eigenvalue weighted by atomic mass is 32.1. The predicted molar refractivity (Wildman–Crippen MR) is 78.7 cm³/mol. The van der Waals surface area contributed by atoms with Gasteiger partial charge < -0.3 is 5.73 Å². The normalized spacial score (nSPS) is 24.5. The molecule has 0 bridgehead atoms. The molecular formula is C15H15FN2O2S. The second-order valence-corrected chi connectivity index (χ2v) is 6.01. The number of amides is 2. The Morgan fingerprint density at radius 3 is 2.48 bits per heavy atom. The van der Waals surface area contributed by atoms with Crippen LogP contribution in [0, 0.1) is 17.7 Å². The molecule has 1 saturated carbocycles. The highest BCUT2D eigenvalue weighted by Gasteiger charge is 2.49. The molecule has 1 aliphatic heterocycles. The van der Waals surface area contributed by atoms with Gasteiger partial charge in [-0.15, -0.1) is 0 Å². The molecule has 0 spiro atoms. The lowest BCUT2D eigenvalue weighted by atomic mass is 10.00. The lowest BCUT2D eigenvalue weighted by Gasteiger charge is -2.18. The van der Waals surface area contributed by atoms with E-state index in [-0.39, 0.29) is 35.2 Å². The van der Waals surface area contributed by atoms with Crippen LogP contribution in [-0.4, -0.2) is 21.7 Å². The third kappa shape index (κ3) is 2.33. The Bertz CT molecular complexity index is 625. The summed E-state index contributed by atoms with van der Waals surface area (Å²) >= 11 is 4.91. The van der Waals surface area contributed by atoms with Crippen LogP contribution in [-0.2, 0) is 16.1 Å². The van der Waals surface area contributed by atoms with Crippen molar-refractivity contribution in [1.82, 2.24) is 4.90 Å². The monoisotopic (exact) mass is 306 g/mol. The van der Waals surface area contributed by atoms with Crippen molar-refractivity contribution < 1.29 is 14.0 Å². The van der Waals surface area contributed by atoms with Crippen molar-refractivity contribution in [3.63, 3.8) is 0 Å². The van der Waals surface area contributed by atoms with E-state index in [9.17, 15) is 14.0 Å². The Kier molecular flexibility index (Phi) is 3.49. The van der Waals surface area contributed by atoms with Gasteiger partial charge in [-0.2, -0.15) is 0 Å². The molecule has 2 fully saturated rings. The SMILES string of the molecule is NC(=S)c1cc(F)ccc1CN1C(=O)C2CCCC2C1=O. The molecule has 0 radical (unpaired) electrons. The maximum Gasteiger partial charge on any atom is 0.233 e. The highest BCUT2D eigenvalue weighted by molar-refractivity contribution is 7.80.